The summed E-state index contributed by atoms with van der Waals surface area (Å²) in [6.07, 6.45) is 0. The number of anilines is 1. The molecule has 0 saturated carbocycles. The zero-order valence-electron chi connectivity index (χ0n) is 17.8. The summed E-state index contributed by atoms with van der Waals surface area (Å²) < 4.78 is 5.26. The van der Waals surface area contributed by atoms with Crippen LogP contribution in [-0.4, -0.2) is 23.5 Å². The second-order valence-electron chi connectivity index (χ2n) is 7.25. The third-order valence-electron chi connectivity index (χ3n) is 4.92. The highest BCUT2D eigenvalue weighted by molar-refractivity contribution is 7.14. The molecule has 0 N–H and O–H groups in total. The summed E-state index contributed by atoms with van der Waals surface area (Å²) in [5.41, 5.74) is 3.21. The van der Waals surface area contributed by atoms with Gasteiger partial charge in [0.05, 0.1) is 29.4 Å². The molecule has 0 fully saturated rings. The first kappa shape index (κ1) is 23.2. The molecule has 0 spiro atoms. The SMILES string of the molecule is N#Cc1ccc(C(=O)OCC(=O)N(Cc2ccccc2)c2nc(-c3ccc(Cl)cc3)cs2)cc1. The molecule has 168 valence electrons. The van der Waals surface area contributed by atoms with Crippen LogP contribution in [-0.2, 0) is 16.1 Å². The second-order valence-corrected chi connectivity index (χ2v) is 8.53. The Bertz CT molecular complexity index is 1330. The van der Waals surface area contributed by atoms with Gasteiger partial charge in [0.25, 0.3) is 5.91 Å². The normalized spacial score (nSPS) is 10.4. The number of halogens is 1. The molecular formula is C26H18ClN3O3S. The van der Waals surface area contributed by atoms with E-state index < -0.39 is 18.5 Å². The van der Waals surface area contributed by atoms with Crippen molar-refractivity contribution in [3.8, 4) is 17.3 Å². The van der Waals surface area contributed by atoms with Gasteiger partial charge in [0.1, 0.15) is 0 Å². The number of rotatable bonds is 7. The van der Waals surface area contributed by atoms with Crippen molar-refractivity contribution in [1.29, 1.82) is 5.26 Å². The first-order valence-corrected chi connectivity index (χ1v) is 11.5. The van der Waals surface area contributed by atoms with Gasteiger partial charge in [-0.25, -0.2) is 9.78 Å². The highest BCUT2D eigenvalue weighted by Gasteiger charge is 2.22. The summed E-state index contributed by atoms with van der Waals surface area (Å²) in [5, 5.41) is 11.9. The molecule has 0 aliphatic rings. The molecule has 0 aliphatic carbocycles. The van der Waals surface area contributed by atoms with Crippen LogP contribution in [0.15, 0.2) is 84.2 Å². The highest BCUT2D eigenvalue weighted by Crippen LogP contribution is 2.29. The quantitative estimate of drug-likeness (QED) is 0.311. The molecule has 4 rings (SSSR count). The number of amides is 1. The Morgan fingerprint density at radius 3 is 2.38 bits per heavy atom. The summed E-state index contributed by atoms with van der Waals surface area (Å²) in [4.78, 5) is 31.7. The highest BCUT2D eigenvalue weighted by atomic mass is 35.5. The van der Waals surface area contributed by atoms with Crippen LogP contribution in [0.2, 0.25) is 5.02 Å². The minimum atomic E-state index is -0.640. The number of nitrogens with zero attached hydrogens (tertiary/aromatic N) is 3. The average molecular weight is 488 g/mol. The molecular weight excluding hydrogens is 470 g/mol. The van der Waals surface area contributed by atoms with E-state index in [0.717, 1.165) is 16.8 Å². The van der Waals surface area contributed by atoms with Crippen LogP contribution in [0, 0.1) is 11.3 Å². The number of aromatic nitrogens is 1. The maximum atomic E-state index is 13.1. The molecule has 0 saturated heterocycles. The molecule has 34 heavy (non-hydrogen) atoms. The van der Waals surface area contributed by atoms with Crippen LogP contribution >= 0.6 is 22.9 Å². The molecule has 1 amide bonds. The lowest BCUT2D eigenvalue weighted by molar-refractivity contribution is -0.121. The van der Waals surface area contributed by atoms with Crippen molar-refractivity contribution in [2.75, 3.05) is 11.5 Å². The van der Waals surface area contributed by atoms with Gasteiger partial charge in [-0.3, -0.25) is 9.69 Å². The second kappa shape index (κ2) is 10.8. The largest absolute Gasteiger partial charge is 0.452 e. The van der Waals surface area contributed by atoms with Crippen molar-refractivity contribution in [3.63, 3.8) is 0 Å². The van der Waals surface area contributed by atoms with Gasteiger partial charge >= 0.3 is 5.97 Å². The Hall–Kier alpha value is -3.99. The number of ether oxygens (including phenoxy) is 1. The number of carbonyl (C=O) groups excluding carboxylic acids is 2. The van der Waals surface area contributed by atoms with Gasteiger partial charge in [-0.15, -0.1) is 11.3 Å². The van der Waals surface area contributed by atoms with Gasteiger partial charge < -0.3 is 4.74 Å². The molecule has 1 heterocycles. The molecule has 0 unspecified atom stereocenters. The maximum absolute atomic E-state index is 13.1. The predicted molar refractivity (Wildman–Crippen MR) is 132 cm³/mol. The molecule has 0 atom stereocenters. The van der Waals surface area contributed by atoms with E-state index in [1.165, 1.54) is 40.5 Å². The molecule has 6 nitrogen and oxygen atoms in total. The Morgan fingerprint density at radius 1 is 1.00 bits per heavy atom. The Labute approximate surface area is 205 Å². The van der Waals surface area contributed by atoms with Gasteiger partial charge in [0.15, 0.2) is 11.7 Å². The summed E-state index contributed by atoms with van der Waals surface area (Å²) in [6.45, 7) is -0.164. The van der Waals surface area contributed by atoms with Gasteiger partial charge in [0, 0.05) is 16.0 Å². The van der Waals surface area contributed by atoms with Gasteiger partial charge in [0.2, 0.25) is 0 Å². The summed E-state index contributed by atoms with van der Waals surface area (Å²) in [7, 11) is 0. The Balaban J connectivity index is 1.52. The lowest BCUT2D eigenvalue weighted by Crippen LogP contribution is -2.34. The molecule has 0 bridgehead atoms. The number of carbonyl (C=O) groups is 2. The number of thiazole rings is 1. The van der Waals surface area contributed by atoms with Crippen molar-refractivity contribution in [2.45, 2.75) is 6.54 Å². The van der Waals surface area contributed by atoms with E-state index in [1.54, 1.807) is 12.1 Å². The van der Waals surface area contributed by atoms with E-state index in [0.29, 0.717) is 15.7 Å². The van der Waals surface area contributed by atoms with Crippen LogP contribution in [0.5, 0.6) is 0 Å². The van der Waals surface area contributed by atoms with Crippen molar-refractivity contribution < 1.29 is 14.3 Å². The fourth-order valence-corrected chi connectivity index (χ4v) is 4.12. The number of nitriles is 1. The topological polar surface area (TPSA) is 83.3 Å². The van der Waals surface area contributed by atoms with Crippen LogP contribution in [0.3, 0.4) is 0 Å². The zero-order chi connectivity index (χ0) is 23.9. The van der Waals surface area contributed by atoms with Crippen LogP contribution in [0.1, 0.15) is 21.5 Å². The van der Waals surface area contributed by atoms with E-state index >= 15 is 0 Å². The van der Waals surface area contributed by atoms with E-state index in [4.69, 9.17) is 21.6 Å². The molecule has 1 aromatic heterocycles. The van der Waals surface area contributed by atoms with Gasteiger partial charge in [-0.2, -0.15) is 5.26 Å². The van der Waals surface area contributed by atoms with Crippen molar-refractivity contribution in [1.82, 2.24) is 4.98 Å². The zero-order valence-corrected chi connectivity index (χ0v) is 19.4. The first-order valence-electron chi connectivity index (χ1n) is 10.3. The van der Waals surface area contributed by atoms with Crippen molar-refractivity contribution in [2.24, 2.45) is 0 Å². The summed E-state index contributed by atoms with van der Waals surface area (Å²) >= 11 is 7.31. The lowest BCUT2D eigenvalue weighted by Gasteiger charge is -2.20. The average Bonchev–Trinajstić information content (AvgIpc) is 3.36. The predicted octanol–water partition coefficient (Wildman–Crippen LogP) is 5.73. The molecule has 3 aromatic carbocycles. The maximum Gasteiger partial charge on any atom is 0.338 e. The van der Waals surface area contributed by atoms with E-state index in [9.17, 15) is 9.59 Å². The number of benzene rings is 3. The minimum absolute atomic E-state index is 0.265. The lowest BCUT2D eigenvalue weighted by atomic mass is 10.1. The molecule has 4 aromatic rings. The number of hydrogen-bond acceptors (Lipinski definition) is 6. The Morgan fingerprint density at radius 2 is 1.71 bits per heavy atom. The first-order chi connectivity index (χ1) is 16.5. The summed E-state index contributed by atoms with van der Waals surface area (Å²) in [6, 6.07) is 24.8. The van der Waals surface area contributed by atoms with Gasteiger partial charge in [-0.05, 0) is 42.0 Å². The summed E-state index contributed by atoms with van der Waals surface area (Å²) in [5.74, 6) is -1.04. The fraction of sp³-hybridized carbons (Fsp3) is 0.0769. The monoisotopic (exact) mass is 487 g/mol. The number of esters is 1. The van der Waals surface area contributed by atoms with Gasteiger partial charge in [-0.1, -0.05) is 54.1 Å². The van der Waals surface area contributed by atoms with Crippen LogP contribution in [0.4, 0.5) is 5.13 Å². The third-order valence-corrected chi connectivity index (χ3v) is 6.04. The van der Waals surface area contributed by atoms with Crippen molar-refractivity contribution in [3.05, 3.63) is 106 Å². The Kier molecular flexibility index (Phi) is 7.33. The molecule has 0 radical (unpaired) electrons. The van der Waals surface area contributed by atoms with E-state index in [2.05, 4.69) is 4.98 Å². The number of hydrogen-bond donors (Lipinski definition) is 0. The van der Waals surface area contributed by atoms with E-state index in [1.807, 2.05) is 53.9 Å². The third kappa shape index (κ3) is 5.67. The molecule has 8 heteroatoms. The van der Waals surface area contributed by atoms with Crippen molar-refractivity contribution >= 4 is 39.9 Å². The fourth-order valence-electron chi connectivity index (χ4n) is 3.14. The van der Waals surface area contributed by atoms with E-state index in [-0.39, 0.29) is 12.1 Å². The standard InChI is InChI=1S/C26H18ClN3O3S/c27-22-12-10-20(11-13-22)23-17-34-26(29-23)30(15-19-4-2-1-3-5-19)24(31)16-33-25(32)21-8-6-18(14-28)7-9-21/h1-13,17H,15-16H2. The smallest absolute Gasteiger partial charge is 0.338 e. The molecule has 0 aliphatic heterocycles. The minimum Gasteiger partial charge on any atom is -0.452 e. The van der Waals surface area contributed by atoms with Crippen LogP contribution in [0.25, 0.3) is 11.3 Å². The van der Waals surface area contributed by atoms with Crippen LogP contribution < -0.4 is 4.90 Å².